The monoisotopic (exact) mass is 369 g/mol. The van der Waals surface area contributed by atoms with Gasteiger partial charge < -0.3 is 15.5 Å². The number of aromatic hydroxyl groups is 2. The number of phenols is 2. The maximum absolute atomic E-state index is 9.65. The number of rotatable bonds is 4. The summed E-state index contributed by atoms with van der Waals surface area (Å²) in [5, 5.41) is 41.9. The van der Waals surface area contributed by atoms with E-state index in [1.165, 1.54) is 12.1 Å². The summed E-state index contributed by atoms with van der Waals surface area (Å²) in [6.45, 7) is 0.364. The fourth-order valence-electron chi connectivity index (χ4n) is 2.94. The van der Waals surface area contributed by atoms with Crippen molar-refractivity contribution in [2.45, 2.75) is 6.54 Å². The maximum Gasteiger partial charge on any atom is 0.157 e. The van der Waals surface area contributed by atoms with Gasteiger partial charge in [0.05, 0.1) is 11.6 Å². The van der Waals surface area contributed by atoms with Gasteiger partial charge in [0, 0.05) is 35.3 Å². The molecule has 0 spiro atoms. The van der Waals surface area contributed by atoms with Crippen LogP contribution in [0.1, 0.15) is 11.1 Å². The minimum Gasteiger partial charge on any atom is -0.504 e. The van der Waals surface area contributed by atoms with Gasteiger partial charge in [0.1, 0.15) is 5.69 Å². The van der Waals surface area contributed by atoms with Crippen LogP contribution in [0.2, 0.25) is 0 Å². The van der Waals surface area contributed by atoms with Crippen molar-refractivity contribution in [3.05, 3.63) is 72.1 Å². The van der Waals surface area contributed by atoms with E-state index in [4.69, 9.17) is 0 Å². The fourth-order valence-corrected chi connectivity index (χ4v) is 2.94. The number of hydrogen-bond donors (Lipinski definition) is 3. The molecule has 0 fully saturated rings. The van der Waals surface area contributed by atoms with Crippen LogP contribution in [0.3, 0.4) is 0 Å². The number of phenolic OH excluding ortho intramolecular Hbond substituents is 2. The third-order valence-electron chi connectivity index (χ3n) is 4.36. The lowest BCUT2D eigenvalue weighted by Gasteiger charge is -2.12. The van der Waals surface area contributed by atoms with Gasteiger partial charge >= 0.3 is 0 Å². The molecule has 0 saturated carbocycles. The Morgan fingerprint density at radius 3 is 2.46 bits per heavy atom. The van der Waals surface area contributed by atoms with E-state index in [2.05, 4.69) is 26.6 Å². The lowest BCUT2D eigenvalue weighted by Crippen LogP contribution is -2.04. The van der Waals surface area contributed by atoms with Crippen molar-refractivity contribution in [1.82, 2.24) is 15.2 Å². The van der Waals surface area contributed by atoms with Crippen molar-refractivity contribution in [1.29, 1.82) is 5.26 Å². The number of nitrogens with one attached hydrogen (secondary N) is 1. The second kappa shape index (κ2) is 7.21. The number of nitriles is 1. The normalized spacial score (nSPS) is 10.5. The average Bonchev–Trinajstić information content (AvgIpc) is 2.74. The van der Waals surface area contributed by atoms with Gasteiger partial charge in [-0.3, -0.25) is 4.98 Å². The van der Waals surface area contributed by atoms with Crippen LogP contribution < -0.4 is 5.32 Å². The SMILES string of the molecule is N#Cc1ccc2c(-c3ccncc3)nnc(NCc3ccc(O)c(O)c3)c2c1. The minimum atomic E-state index is -0.185. The van der Waals surface area contributed by atoms with E-state index in [0.29, 0.717) is 23.6 Å². The molecule has 2 aromatic carbocycles. The molecular formula is C21H15N5O2. The minimum absolute atomic E-state index is 0.172. The molecule has 0 bridgehead atoms. The number of hydrogen-bond acceptors (Lipinski definition) is 7. The molecule has 0 atom stereocenters. The largest absolute Gasteiger partial charge is 0.504 e. The molecule has 28 heavy (non-hydrogen) atoms. The van der Waals surface area contributed by atoms with Crippen molar-refractivity contribution < 1.29 is 10.2 Å². The lowest BCUT2D eigenvalue weighted by molar-refractivity contribution is 0.403. The van der Waals surface area contributed by atoms with Crippen LogP contribution in [0.5, 0.6) is 11.5 Å². The fraction of sp³-hybridized carbons (Fsp3) is 0.0476. The Kier molecular flexibility index (Phi) is 4.44. The van der Waals surface area contributed by atoms with Crippen LogP contribution in [0.25, 0.3) is 22.0 Å². The third kappa shape index (κ3) is 3.27. The summed E-state index contributed by atoms with van der Waals surface area (Å²) >= 11 is 0. The van der Waals surface area contributed by atoms with Gasteiger partial charge in [0.2, 0.25) is 0 Å². The molecule has 4 aromatic rings. The van der Waals surface area contributed by atoms with Crippen LogP contribution in [-0.4, -0.2) is 25.4 Å². The summed E-state index contributed by atoms with van der Waals surface area (Å²) in [7, 11) is 0. The van der Waals surface area contributed by atoms with Crippen molar-refractivity contribution in [3.63, 3.8) is 0 Å². The molecule has 0 aliphatic rings. The highest BCUT2D eigenvalue weighted by molar-refractivity contribution is 6.00. The highest BCUT2D eigenvalue weighted by Gasteiger charge is 2.12. The first-order chi connectivity index (χ1) is 13.7. The summed E-state index contributed by atoms with van der Waals surface area (Å²) in [6.07, 6.45) is 3.38. The molecule has 4 rings (SSSR count). The Morgan fingerprint density at radius 1 is 0.893 bits per heavy atom. The van der Waals surface area contributed by atoms with Gasteiger partial charge in [-0.1, -0.05) is 12.1 Å². The quantitative estimate of drug-likeness (QED) is 0.471. The van der Waals surface area contributed by atoms with Gasteiger partial charge in [-0.2, -0.15) is 5.26 Å². The Hall–Kier alpha value is -4.18. The van der Waals surface area contributed by atoms with Crippen LogP contribution >= 0.6 is 0 Å². The Labute approximate surface area is 160 Å². The van der Waals surface area contributed by atoms with E-state index in [-0.39, 0.29) is 11.5 Å². The molecule has 7 heteroatoms. The lowest BCUT2D eigenvalue weighted by atomic mass is 10.0. The second-order valence-electron chi connectivity index (χ2n) is 6.18. The van der Waals surface area contributed by atoms with Crippen LogP contribution in [0.15, 0.2) is 60.9 Å². The zero-order valence-electron chi connectivity index (χ0n) is 14.7. The van der Waals surface area contributed by atoms with Crippen molar-refractivity contribution in [2.75, 3.05) is 5.32 Å². The number of pyridine rings is 1. The first kappa shape index (κ1) is 17.2. The smallest absolute Gasteiger partial charge is 0.157 e. The van der Waals surface area contributed by atoms with Gasteiger partial charge in [0.15, 0.2) is 17.3 Å². The van der Waals surface area contributed by atoms with Crippen LogP contribution in [0, 0.1) is 11.3 Å². The molecule has 0 unspecified atom stereocenters. The molecule has 0 saturated heterocycles. The third-order valence-corrected chi connectivity index (χ3v) is 4.36. The molecule has 3 N–H and O–H groups in total. The highest BCUT2D eigenvalue weighted by atomic mass is 16.3. The zero-order valence-corrected chi connectivity index (χ0v) is 14.7. The first-order valence-electron chi connectivity index (χ1n) is 8.51. The highest BCUT2D eigenvalue weighted by Crippen LogP contribution is 2.31. The van der Waals surface area contributed by atoms with Gasteiger partial charge in [-0.05, 0) is 42.0 Å². The second-order valence-corrected chi connectivity index (χ2v) is 6.18. The summed E-state index contributed by atoms with van der Waals surface area (Å²) in [6, 6.07) is 15.8. The molecule has 0 aliphatic carbocycles. The van der Waals surface area contributed by atoms with Gasteiger partial charge in [-0.15, -0.1) is 10.2 Å². The molecule has 136 valence electrons. The van der Waals surface area contributed by atoms with E-state index >= 15 is 0 Å². The number of anilines is 1. The zero-order chi connectivity index (χ0) is 19.5. The van der Waals surface area contributed by atoms with Crippen molar-refractivity contribution in [2.24, 2.45) is 0 Å². The number of aromatic nitrogens is 3. The Bertz CT molecular complexity index is 1200. The van der Waals surface area contributed by atoms with E-state index < -0.39 is 0 Å². The summed E-state index contributed by atoms with van der Waals surface area (Å²) < 4.78 is 0. The summed E-state index contributed by atoms with van der Waals surface area (Å²) in [5.74, 6) is 0.168. The number of benzene rings is 2. The van der Waals surface area contributed by atoms with Crippen LogP contribution in [-0.2, 0) is 6.54 Å². The van der Waals surface area contributed by atoms with E-state index in [0.717, 1.165) is 21.9 Å². The van der Waals surface area contributed by atoms with Crippen molar-refractivity contribution >= 4 is 16.6 Å². The molecule has 0 radical (unpaired) electrons. The van der Waals surface area contributed by atoms with E-state index in [9.17, 15) is 15.5 Å². The molecule has 0 aliphatic heterocycles. The molecule has 0 amide bonds. The molecule has 2 aromatic heterocycles. The Morgan fingerprint density at radius 2 is 1.71 bits per heavy atom. The molecule has 7 nitrogen and oxygen atoms in total. The first-order valence-corrected chi connectivity index (χ1v) is 8.51. The summed E-state index contributed by atoms with van der Waals surface area (Å²) in [5.41, 5.74) is 2.87. The topological polar surface area (TPSA) is 115 Å². The standard InChI is InChI=1S/C21H15N5O2/c22-11-13-1-3-16-17(9-13)21(24-12-14-2-4-18(27)19(28)10-14)26-25-20(16)15-5-7-23-8-6-15/h1-10,27-28H,12H2,(H,24,26). The van der Waals surface area contributed by atoms with Crippen LogP contribution in [0.4, 0.5) is 5.82 Å². The van der Waals surface area contributed by atoms with Gasteiger partial charge in [-0.25, -0.2) is 0 Å². The van der Waals surface area contributed by atoms with Crippen molar-refractivity contribution in [3.8, 4) is 28.8 Å². The van der Waals surface area contributed by atoms with Gasteiger partial charge in [0.25, 0.3) is 0 Å². The number of fused-ring (bicyclic) bond motifs is 1. The summed E-state index contributed by atoms with van der Waals surface area (Å²) in [4.78, 5) is 4.03. The molecule has 2 heterocycles. The molecular weight excluding hydrogens is 354 g/mol. The Balaban J connectivity index is 1.76. The van der Waals surface area contributed by atoms with E-state index in [1.807, 2.05) is 18.2 Å². The van der Waals surface area contributed by atoms with E-state index in [1.54, 1.807) is 30.6 Å². The predicted molar refractivity (Wildman–Crippen MR) is 105 cm³/mol. The number of nitrogens with zero attached hydrogens (tertiary/aromatic N) is 4. The average molecular weight is 369 g/mol. The maximum atomic E-state index is 9.65. The predicted octanol–water partition coefficient (Wildman–Crippen LogP) is 3.59.